The van der Waals surface area contributed by atoms with E-state index in [4.69, 9.17) is 23.2 Å². The predicted molar refractivity (Wildman–Crippen MR) is 122 cm³/mol. The maximum absolute atomic E-state index is 12.4. The zero-order valence-electron chi connectivity index (χ0n) is 16.2. The summed E-state index contributed by atoms with van der Waals surface area (Å²) in [5, 5.41) is 22.6. The topological polar surface area (TPSA) is 73.7 Å². The van der Waals surface area contributed by atoms with Crippen LogP contribution in [-0.2, 0) is 6.54 Å². The Labute approximate surface area is 189 Å². The number of amides is 1. The number of hydrogen-bond donors (Lipinski definition) is 2. The number of halogens is 2. The first-order chi connectivity index (χ1) is 15.0. The lowest BCUT2D eigenvalue weighted by Crippen LogP contribution is -2.34. The molecule has 2 N–H and O–H groups in total. The second-order valence-electron chi connectivity index (χ2n) is 7.02. The van der Waals surface area contributed by atoms with Crippen LogP contribution in [0.5, 0.6) is 5.75 Å². The number of nitrogens with zero attached hydrogens (tertiary/aromatic N) is 2. The van der Waals surface area contributed by atoms with Crippen molar-refractivity contribution >= 4 is 40.2 Å². The van der Waals surface area contributed by atoms with Crippen molar-refractivity contribution in [1.29, 1.82) is 0 Å². The highest BCUT2D eigenvalue weighted by atomic mass is 35.5. The molecule has 1 amide bonds. The Balaban J connectivity index is 1.96. The number of fused-ring (bicyclic) bond motifs is 1. The summed E-state index contributed by atoms with van der Waals surface area (Å²) in [7, 11) is 0. The van der Waals surface area contributed by atoms with Crippen molar-refractivity contribution in [2.75, 3.05) is 0 Å². The van der Waals surface area contributed by atoms with Gasteiger partial charge in [-0.2, -0.15) is 0 Å². The zero-order chi connectivity index (χ0) is 22.0. The molecule has 0 fully saturated rings. The van der Waals surface area contributed by atoms with Crippen LogP contribution in [0.3, 0.4) is 0 Å². The summed E-state index contributed by atoms with van der Waals surface area (Å²) in [6, 6.07) is 20.3. The smallest absolute Gasteiger partial charge is 0.408 e. The van der Waals surface area contributed by atoms with E-state index in [0.717, 1.165) is 5.56 Å². The fourth-order valence-corrected chi connectivity index (χ4v) is 4.17. The van der Waals surface area contributed by atoms with Crippen molar-refractivity contribution in [3.8, 4) is 5.75 Å². The Morgan fingerprint density at radius 2 is 1.65 bits per heavy atom. The Morgan fingerprint density at radius 1 is 0.935 bits per heavy atom. The average Bonchev–Trinajstić information content (AvgIpc) is 2.78. The molecular formula is C24H18Cl2N2O3. The van der Waals surface area contributed by atoms with E-state index < -0.39 is 12.1 Å². The molecule has 7 heteroatoms. The molecule has 0 saturated carbocycles. The number of pyridine rings is 1. The fraction of sp³-hybridized carbons (Fsp3) is 0.0833. The van der Waals surface area contributed by atoms with Gasteiger partial charge in [-0.25, -0.2) is 4.79 Å². The number of rotatable bonds is 5. The summed E-state index contributed by atoms with van der Waals surface area (Å²) in [4.78, 5) is 17.9. The normalized spacial score (nSPS) is 11.9. The van der Waals surface area contributed by atoms with Crippen LogP contribution in [0.4, 0.5) is 4.79 Å². The summed E-state index contributed by atoms with van der Waals surface area (Å²) in [6.07, 6.45) is 0.386. The lowest BCUT2D eigenvalue weighted by molar-refractivity contribution is 0.128. The van der Waals surface area contributed by atoms with Crippen LogP contribution in [-0.4, -0.2) is 26.2 Å². The molecule has 4 aromatic rings. The van der Waals surface area contributed by atoms with Gasteiger partial charge in [0.1, 0.15) is 11.3 Å². The van der Waals surface area contributed by atoms with Crippen molar-refractivity contribution in [2.45, 2.75) is 12.6 Å². The third-order valence-corrected chi connectivity index (χ3v) is 5.75. The first kappa shape index (κ1) is 21.0. The molecular weight excluding hydrogens is 435 g/mol. The molecule has 1 atom stereocenters. The molecule has 0 aliphatic rings. The molecule has 1 heterocycles. The van der Waals surface area contributed by atoms with Crippen LogP contribution in [0.2, 0.25) is 10.0 Å². The lowest BCUT2D eigenvalue weighted by Gasteiger charge is -2.31. The van der Waals surface area contributed by atoms with Gasteiger partial charge in [0.2, 0.25) is 0 Å². The third kappa shape index (κ3) is 4.15. The molecule has 0 bridgehead atoms. The quantitative estimate of drug-likeness (QED) is 0.361. The molecule has 31 heavy (non-hydrogen) atoms. The maximum atomic E-state index is 12.4. The van der Waals surface area contributed by atoms with Crippen LogP contribution in [0.1, 0.15) is 22.7 Å². The Hall–Kier alpha value is -3.28. The average molecular weight is 453 g/mol. The molecule has 1 aromatic heterocycles. The van der Waals surface area contributed by atoms with Gasteiger partial charge in [0, 0.05) is 28.7 Å². The minimum Gasteiger partial charge on any atom is -0.505 e. The van der Waals surface area contributed by atoms with E-state index >= 15 is 0 Å². The van der Waals surface area contributed by atoms with Crippen molar-refractivity contribution in [3.63, 3.8) is 0 Å². The van der Waals surface area contributed by atoms with E-state index in [1.165, 1.54) is 4.90 Å². The monoisotopic (exact) mass is 452 g/mol. The summed E-state index contributed by atoms with van der Waals surface area (Å²) in [5.41, 5.74) is 1.94. The summed E-state index contributed by atoms with van der Waals surface area (Å²) in [6.45, 7) is 0.0867. The van der Waals surface area contributed by atoms with Crippen LogP contribution < -0.4 is 0 Å². The van der Waals surface area contributed by atoms with Crippen molar-refractivity contribution in [2.24, 2.45) is 0 Å². The highest BCUT2D eigenvalue weighted by molar-refractivity contribution is 6.35. The van der Waals surface area contributed by atoms with E-state index in [9.17, 15) is 15.0 Å². The fourth-order valence-electron chi connectivity index (χ4n) is 3.66. The lowest BCUT2D eigenvalue weighted by atomic mass is 9.94. The molecule has 0 aliphatic carbocycles. The second kappa shape index (κ2) is 8.84. The van der Waals surface area contributed by atoms with Crippen molar-refractivity contribution < 1.29 is 15.0 Å². The third-order valence-electron chi connectivity index (χ3n) is 5.09. The van der Waals surface area contributed by atoms with E-state index in [-0.39, 0.29) is 12.3 Å². The van der Waals surface area contributed by atoms with E-state index in [1.54, 1.807) is 48.7 Å². The number of aromatic hydroxyl groups is 1. The molecule has 5 nitrogen and oxygen atoms in total. The zero-order valence-corrected chi connectivity index (χ0v) is 17.8. The van der Waals surface area contributed by atoms with Crippen LogP contribution in [0.15, 0.2) is 79.0 Å². The van der Waals surface area contributed by atoms with Gasteiger partial charge in [-0.05, 0) is 35.4 Å². The second-order valence-corrected chi connectivity index (χ2v) is 7.83. The molecule has 0 radical (unpaired) electrons. The molecule has 0 saturated heterocycles. The van der Waals surface area contributed by atoms with Crippen molar-refractivity contribution in [3.05, 3.63) is 106 Å². The number of carbonyl (C=O) groups is 1. The van der Waals surface area contributed by atoms with Gasteiger partial charge < -0.3 is 10.2 Å². The predicted octanol–water partition coefficient (Wildman–Crippen LogP) is 6.52. The molecule has 0 spiro atoms. The number of phenolic OH excluding ortho intramolecular Hbond substituents is 1. The van der Waals surface area contributed by atoms with Gasteiger partial charge in [-0.15, -0.1) is 0 Å². The number of carboxylic acid groups (broad SMARTS) is 1. The minimum atomic E-state index is -1.16. The van der Waals surface area contributed by atoms with Crippen molar-refractivity contribution in [1.82, 2.24) is 9.88 Å². The van der Waals surface area contributed by atoms with E-state index in [2.05, 4.69) is 4.98 Å². The first-order valence-corrected chi connectivity index (χ1v) is 10.3. The Morgan fingerprint density at radius 3 is 2.35 bits per heavy atom. The standard InChI is InChI=1S/C24H18Cl2N2O3/c25-19-11-5-4-9-17(19)22(28(24(30)31)14-15-7-2-1-3-8-15)18-13-20(26)16-10-6-12-27-21(16)23(18)29/h1-13,22,29H,14H2,(H,30,31). The molecule has 3 aromatic carbocycles. The molecule has 4 rings (SSSR count). The minimum absolute atomic E-state index is 0.0867. The Kier molecular flexibility index (Phi) is 5.98. The molecule has 1 unspecified atom stereocenters. The van der Waals surface area contributed by atoms with Crippen LogP contribution in [0.25, 0.3) is 10.9 Å². The summed E-state index contributed by atoms with van der Waals surface area (Å²) < 4.78 is 0. The van der Waals surface area contributed by atoms with Gasteiger partial charge in [-0.3, -0.25) is 9.88 Å². The van der Waals surface area contributed by atoms with Gasteiger partial charge >= 0.3 is 6.09 Å². The largest absolute Gasteiger partial charge is 0.505 e. The number of hydrogen-bond acceptors (Lipinski definition) is 3. The molecule has 156 valence electrons. The number of aromatic nitrogens is 1. The molecule has 0 aliphatic heterocycles. The van der Waals surface area contributed by atoms with E-state index in [1.807, 2.05) is 30.3 Å². The van der Waals surface area contributed by atoms with E-state index in [0.29, 0.717) is 32.1 Å². The number of benzene rings is 3. The summed E-state index contributed by atoms with van der Waals surface area (Å²) >= 11 is 13.0. The van der Waals surface area contributed by atoms with Gasteiger partial charge in [0.25, 0.3) is 0 Å². The summed E-state index contributed by atoms with van der Waals surface area (Å²) in [5.74, 6) is -0.135. The highest BCUT2D eigenvalue weighted by Crippen LogP contribution is 2.43. The number of phenols is 1. The van der Waals surface area contributed by atoms with Crippen LogP contribution in [0, 0.1) is 0 Å². The van der Waals surface area contributed by atoms with Gasteiger partial charge in [0.05, 0.1) is 11.1 Å². The highest BCUT2D eigenvalue weighted by Gasteiger charge is 2.32. The SMILES string of the molecule is O=C(O)N(Cc1ccccc1)C(c1ccccc1Cl)c1cc(Cl)c2cccnc2c1O. The first-order valence-electron chi connectivity index (χ1n) is 9.51. The van der Waals surface area contributed by atoms with Gasteiger partial charge in [-0.1, -0.05) is 71.7 Å². The van der Waals surface area contributed by atoms with Crippen LogP contribution >= 0.6 is 23.2 Å². The Bertz CT molecular complexity index is 1250. The van der Waals surface area contributed by atoms with Gasteiger partial charge in [0.15, 0.2) is 0 Å². The maximum Gasteiger partial charge on any atom is 0.408 e.